The van der Waals surface area contributed by atoms with Gasteiger partial charge in [0.25, 0.3) is 0 Å². The van der Waals surface area contributed by atoms with E-state index in [1.807, 2.05) is 26.0 Å². The summed E-state index contributed by atoms with van der Waals surface area (Å²) in [5.41, 5.74) is 0.292. The molecule has 0 aromatic heterocycles. The van der Waals surface area contributed by atoms with E-state index in [2.05, 4.69) is 20.8 Å². The summed E-state index contributed by atoms with van der Waals surface area (Å²) in [6, 6.07) is 0. The number of carbonyl (C=O) groups excluding carboxylic acids is 3. The molecule has 35 heavy (non-hydrogen) atoms. The van der Waals surface area contributed by atoms with Crippen LogP contribution in [0.2, 0.25) is 0 Å². The smallest absolute Gasteiger partial charge is 0.333 e. The fraction of sp³-hybridized carbons (Fsp3) is 0.759. The van der Waals surface area contributed by atoms with Crippen LogP contribution in [0.3, 0.4) is 0 Å². The Kier molecular flexibility index (Phi) is 7.77. The van der Waals surface area contributed by atoms with Crippen LogP contribution in [0, 0.1) is 35.0 Å². The van der Waals surface area contributed by atoms with Gasteiger partial charge in [0.2, 0.25) is 0 Å². The van der Waals surface area contributed by atoms with E-state index in [-0.39, 0.29) is 59.7 Å². The molecule has 0 radical (unpaired) electrons. The van der Waals surface area contributed by atoms with Crippen molar-refractivity contribution in [1.82, 2.24) is 0 Å². The number of rotatable bonds is 8. The number of esters is 3. The minimum absolute atomic E-state index is 0.0468. The Morgan fingerprint density at radius 3 is 2.43 bits per heavy atom. The molecule has 6 heteroatoms. The van der Waals surface area contributed by atoms with Crippen LogP contribution >= 0.6 is 0 Å². The fourth-order valence-electron chi connectivity index (χ4n) is 7.25. The SMILES string of the molecule is C/C=C1\CCC(C(CC(C)C2CC/C(=C/CC)OC2=O)CC2C3CCC2(C(C)C)C(=O)O3)OC1=O. The van der Waals surface area contributed by atoms with Gasteiger partial charge in [-0.1, -0.05) is 33.8 Å². The van der Waals surface area contributed by atoms with E-state index in [0.717, 1.165) is 62.7 Å². The third kappa shape index (κ3) is 4.82. The molecule has 4 aliphatic rings. The molecule has 3 saturated heterocycles. The topological polar surface area (TPSA) is 78.9 Å². The molecule has 1 aliphatic carbocycles. The number of cyclic esters (lactones) is 2. The average Bonchev–Trinajstić information content (AvgIpc) is 3.30. The molecule has 0 aromatic rings. The molecule has 4 rings (SSSR count). The van der Waals surface area contributed by atoms with Crippen molar-refractivity contribution < 1.29 is 28.6 Å². The average molecular weight is 487 g/mol. The van der Waals surface area contributed by atoms with Gasteiger partial charge in [-0.05, 0) is 82.1 Å². The number of hydrogen-bond acceptors (Lipinski definition) is 6. The molecule has 7 atom stereocenters. The molecule has 194 valence electrons. The second-order valence-corrected chi connectivity index (χ2v) is 11.4. The summed E-state index contributed by atoms with van der Waals surface area (Å²) in [4.78, 5) is 38.4. The maximum Gasteiger partial charge on any atom is 0.333 e. The first kappa shape index (κ1) is 26.0. The first-order valence-corrected chi connectivity index (χ1v) is 13.7. The zero-order valence-corrected chi connectivity index (χ0v) is 22.0. The van der Waals surface area contributed by atoms with Crippen LogP contribution in [0.1, 0.15) is 92.4 Å². The van der Waals surface area contributed by atoms with Crippen LogP contribution in [0.4, 0.5) is 0 Å². The zero-order chi connectivity index (χ0) is 25.3. The van der Waals surface area contributed by atoms with Gasteiger partial charge in [0.1, 0.15) is 18.0 Å². The van der Waals surface area contributed by atoms with Gasteiger partial charge in [0, 0.05) is 17.9 Å². The van der Waals surface area contributed by atoms with Crippen LogP contribution in [0.15, 0.2) is 23.5 Å². The summed E-state index contributed by atoms with van der Waals surface area (Å²) >= 11 is 0. The molecular formula is C29H42O6. The van der Waals surface area contributed by atoms with Crippen molar-refractivity contribution in [3.05, 3.63) is 23.5 Å². The highest BCUT2D eigenvalue weighted by Gasteiger charge is 2.63. The molecule has 0 aromatic carbocycles. The van der Waals surface area contributed by atoms with Gasteiger partial charge in [0.15, 0.2) is 0 Å². The predicted octanol–water partition coefficient (Wildman–Crippen LogP) is 5.90. The van der Waals surface area contributed by atoms with Gasteiger partial charge in [-0.3, -0.25) is 9.59 Å². The maximum absolute atomic E-state index is 12.9. The molecule has 3 heterocycles. The van der Waals surface area contributed by atoms with E-state index in [0.29, 0.717) is 6.42 Å². The summed E-state index contributed by atoms with van der Waals surface area (Å²) in [5, 5.41) is 0. The number of ether oxygens (including phenoxy) is 3. The summed E-state index contributed by atoms with van der Waals surface area (Å²) < 4.78 is 17.4. The van der Waals surface area contributed by atoms with Crippen LogP contribution in [0.5, 0.6) is 0 Å². The lowest BCUT2D eigenvalue weighted by molar-refractivity contribution is -0.156. The molecule has 3 aliphatic heterocycles. The number of carbonyl (C=O) groups is 3. The molecule has 0 spiro atoms. The minimum atomic E-state index is -0.442. The van der Waals surface area contributed by atoms with E-state index in [1.54, 1.807) is 0 Å². The maximum atomic E-state index is 12.9. The summed E-state index contributed by atoms with van der Waals surface area (Å²) in [5.74, 6) is 0.712. The Morgan fingerprint density at radius 2 is 1.83 bits per heavy atom. The number of allylic oxidation sites excluding steroid dienone is 3. The lowest BCUT2D eigenvalue weighted by Gasteiger charge is -2.38. The molecule has 4 fully saturated rings. The van der Waals surface area contributed by atoms with Gasteiger partial charge >= 0.3 is 17.9 Å². The third-order valence-electron chi connectivity index (χ3n) is 9.30. The Balaban J connectivity index is 1.54. The van der Waals surface area contributed by atoms with Gasteiger partial charge in [0.05, 0.1) is 11.3 Å². The van der Waals surface area contributed by atoms with Crippen molar-refractivity contribution in [1.29, 1.82) is 0 Å². The van der Waals surface area contributed by atoms with E-state index in [1.165, 1.54) is 0 Å². The highest BCUT2D eigenvalue weighted by molar-refractivity contribution is 5.89. The van der Waals surface area contributed by atoms with Crippen LogP contribution in [0.25, 0.3) is 0 Å². The minimum Gasteiger partial charge on any atom is -0.462 e. The van der Waals surface area contributed by atoms with Crippen molar-refractivity contribution >= 4 is 17.9 Å². The Labute approximate surface area is 209 Å². The lowest BCUT2D eigenvalue weighted by Crippen LogP contribution is -2.40. The lowest BCUT2D eigenvalue weighted by atomic mass is 9.66. The van der Waals surface area contributed by atoms with E-state index < -0.39 is 5.41 Å². The molecular weight excluding hydrogens is 444 g/mol. The molecule has 0 N–H and O–H groups in total. The fourth-order valence-corrected chi connectivity index (χ4v) is 7.25. The van der Waals surface area contributed by atoms with Gasteiger partial charge < -0.3 is 14.2 Å². The predicted molar refractivity (Wildman–Crippen MR) is 132 cm³/mol. The largest absolute Gasteiger partial charge is 0.462 e. The summed E-state index contributed by atoms with van der Waals surface area (Å²) in [6.45, 7) is 10.3. The molecule has 0 amide bonds. The van der Waals surface area contributed by atoms with Crippen molar-refractivity contribution in [2.45, 2.75) is 105 Å². The second kappa shape index (κ2) is 10.5. The van der Waals surface area contributed by atoms with Gasteiger partial charge in [-0.2, -0.15) is 0 Å². The summed E-state index contributed by atoms with van der Waals surface area (Å²) in [7, 11) is 0. The molecule has 6 nitrogen and oxygen atoms in total. The van der Waals surface area contributed by atoms with E-state index >= 15 is 0 Å². The zero-order valence-electron chi connectivity index (χ0n) is 22.0. The van der Waals surface area contributed by atoms with Crippen molar-refractivity contribution in [2.24, 2.45) is 35.0 Å². The monoisotopic (exact) mass is 486 g/mol. The van der Waals surface area contributed by atoms with Gasteiger partial charge in [-0.15, -0.1) is 0 Å². The first-order valence-electron chi connectivity index (χ1n) is 13.7. The first-order chi connectivity index (χ1) is 16.7. The van der Waals surface area contributed by atoms with Crippen LogP contribution in [-0.2, 0) is 28.6 Å². The van der Waals surface area contributed by atoms with Gasteiger partial charge in [-0.25, -0.2) is 4.79 Å². The highest BCUT2D eigenvalue weighted by Crippen LogP contribution is 2.58. The Hall–Kier alpha value is -2.11. The Bertz CT molecular complexity index is 901. The summed E-state index contributed by atoms with van der Waals surface area (Å²) in [6.07, 6.45) is 10.8. The van der Waals surface area contributed by atoms with Crippen molar-refractivity contribution in [3.8, 4) is 0 Å². The second-order valence-electron chi connectivity index (χ2n) is 11.4. The van der Waals surface area contributed by atoms with Crippen molar-refractivity contribution in [2.75, 3.05) is 0 Å². The van der Waals surface area contributed by atoms with Crippen molar-refractivity contribution in [3.63, 3.8) is 0 Å². The molecule has 1 saturated carbocycles. The number of fused-ring (bicyclic) bond motifs is 2. The third-order valence-corrected chi connectivity index (χ3v) is 9.30. The normalized spacial score (nSPS) is 36.9. The quantitative estimate of drug-likeness (QED) is 0.242. The molecule has 7 unspecified atom stereocenters. The highest BCUT2D eigenvalue weighted by atomic mass is 16.6. The number of hydrogen-bond donors (Lipinski definition) is 0. The Morgan fingerprint density at radius 1 is 1.06 bits per heavy atom. The molecule has 2 bridgehead atoms. The van der Waals surface area contributed by atoms with Crippen LogP contribution in [-0.4, -0.2) is 30.1 Å². The van der Waals surface area contributed by atoms with E-state index in [4.69, 9.17) is 14.2 Å². The standard InChI is InChI=1S/C29H42O6/c1-6-8-21-10-11-22(27(31)33-21)18(5)15-20(24-12-9-19(7-2)26(30)34-24)16-23-25-13-14-29(23,17(3)4)28(32)35-25/h7-8,17-18,20,22-25H,6,9-16H2,1-5H3/b19-7+,21-8-. The van der Waals surface area contributed by atoms with E-state index in [9.17, 15) is 14.4 Å². The van der Waals surface area contributed by atoms with Crippen LogP contribution < -0.4 is 0 Å².